The number of rotatable bonds is 2. The summed E-state index contributed by atoms with van der Waals surface area (Å²) in [5.41, 5.74) is 2.72. The van der Waals surface area contributed by atoms with Crippen molar-refractivity contribution < 1.29 is 20.0 Å². The molecule has 0 heterocycles. The Balaban J connectivity index is -0.000000249. The van der Waals surface area contributed by atoms with Crippen molar-refractivity contribution in [2.24, 2.45) is 11.8 Å². The molecule has 2 aliphatic carbocycles. The van der Waals surface area contributed by atoms with Gasteiger partial charge < -0.3 is 0 Å². The normalized spacial score (nSPS) is 20.4. The Morgan fingerprint density at radius 1 is 0.909 bits per heavy atom. The molecule has 22 heavy (non-hydrogen) atoms. The molecule has 0 saturated carbocycles. The van der Waals surface area contributed by atoms with Crippen LogP contribution < -0.4 is 0 Å². The topological polar surface area (TPSA) is 0 Å². The van der Waals surface area contributed by atoms with Gasteiger partial charge in [-0.25, -0.2) is 23.3 Å². The monoisotopic (exact) mass is 376 g/mol. The van der Waals surface area contributed by atoms with E-state index in [4.69, 9.17) is 0 Å². The molecule has 124 valence electrons. The Kier molecular flexibility index (Phi) is 19.6. The number of allylic oxidation sites excluding steroid dienone is 8. The summed E-state index contributed by atoms with van der Waals surface area (Å²) in [5.74, 6) is 1.12. The summed E-state index contributed by atoms with van der Waals surface area (Å²) in [7, 11) is 0. The summed E-state index contributed by atoms with van der Waals surface area (Å²) >= 11 is 2.08. The molecule has 2 unspecified atom stereocenters. The van der Waals surface area contributed by atoms with Gasteiger partial charge in [-0.1, -0.05) is 52.4 Å². The van der Waals surface area contributed by atoms with Crippen molar-refractivity contribution in [2.45, 2.75) is 54.4 Å². The van der Waals surface area contributed by atoms with Crippen molar-refractivity contribution in [2.75, 3.05) is 0 Å². The van der Waals surface area contributed by atoms with Crippen molar-refractivity contribution >= 4 is 28.6 Å². The third-order valence-electron chi connectivity index (χ3n) is 2.76. The first-order valence-electron chi connectivity index (χ1n) is 7.51. The predicted octanol–water partition coefficient (Wildman–Crippen LogP) is 6.25. The largest absolute Gasteiger partial charge is 0.147 e. The average Bonchev–Trinajstić information content (AvgIpc) is 2.97. The van der Waals surface area contributed by atoms with Crippen LogP contribution in [-0.2, 0) is 20.0 Å². The fraction of sp³-hybridized carbons (Fsp3) is 0.526. The van der Waals surface area contributed by atoms with Crippen LogP contribution in [0.1, 0.15) is 54.4 Å². The van der Waals surface area contributed by atoms with Crippen LogP contribution in [0.4, 0.5) is 0 Å². The van der Waals surface area contributed by atoms with E-state index in [9.17, 15) is 0 Å². The molecule has 0 N–H and O–H groups in total. The predicted molar refractivity (Wildman–Crippen MR) is 102 cm³/mol. The van der Waals surface area contributed by atoms with E-state index in [1.165, 1.54) is 15.0 Å². The summed E-state index contributed by atoms with van der Waals surface area (Å²) in [4.78, 5) is 0. The molecule has 0 fully saturated rings. The van der Waals surface area contributed by atoms with Crippen LogP contribution in [-0.4, -0.2) is 3.81 Å². The van der Waals surface area contributed by atoms with Crippen LogP contribution in [0, 0.1) is 24.0 Å². The number of halogens is 2. The second-order valence-corrected chi connectivity index (χ2v) is 6.90. The summed E-state index contributed by atoms with van der Waals surface area (Å²) in [5, 5.41) is 0. The second-order valence-electron chi connectivity index (χ2n) is 5.34. The third-order valence-corrected chi connectivity index (χ3v) is 2.76. The minimum Gasteiger partial charge on any atom is -0.147 e. The molecule has 0 aromatic heterocycles. The van der Waals surface area contributed by atoms with Crippen LogP contribution in [0.15, 0.2) is 35.5 Å². The van der Waals surface area contributed by atoms with E-state index >= 15 is 0 Å². The van der Waals surface area contributed by atoms with Gasteiger partial charge in [0.1, 0.15) is 0 Å². The maximum absolute atomic E-state index is 3.31. The number of hydrogen-bond donors (Lipinski definition) is 0. The van der Waals surface area contributed by atoms with E-state index in [1.54, 1.807) is 0 Å². The van der Waals surface area contributed by atoms with E-state index < -0.39 is 0 Å². The van der Waals surface area contributed by atoms with E-state index in [2.05, 4.69) is 98.0 Å². The molecule has 0 spiro atoms. The molecule has 2 rings (SSSR count). The van der Waals surface area contributed by atoms with Crippen LogP contribution in [0.25, 0.3) is 0 Å². The van der Waals surface area contributed by atoms with Gasteiger partial charge in [-0.15, -0.1) is 24.8 Å². The molecule has 0 amide bonds. The van der Waals surface area contributed by atoms with Crippen molar-refractivity contribution in [1.29, 1.82) is 0 Å². The molecule has 3 heteroatoms. The smallest absolute Gasteiger partial charge is 0.147 e. The molecule has 0 aromatic carbocycles. The second kappa shape index (κ2) is 16.0. The van der Waals surface area contributed by atoms with E-state index in [-0.39, 0.29) is 24.8 Å². The van der Waals surface area contributed by atoms with Gasteiger partial charge in [-0.05, 0) is 0 Å². The van der Waals surface area contributed by atoms with Crippen LogP contribution >= 0.6 is 24.8 Å². The Labute approximate surface area is 162 Å². The molecule has 0 saturated heterocycles. The molecular weight excluding hydrogens is 347 g/mol. The molecule has 0 aromatic rings. The fourth-order valence-electron chi connectivity index (χ4n) is 1.74. The minimum atomic E-state index is 0. The quantitative estimate of drug-likeness (QED) is 0.394. The van der Waals surface area contributed by atoms with Gasteiger partial charge in [-0.3, -0.25) is 12.2 Å². The fourth-order valence-corrected chi connectivity index (χ4v) is 1.74. The molecule has 0 bridgehead atoms. The standard InChI is InChI=1S/2C8H11.C3H6.2ClH.Ti/c2*1-3-8-5-4-7(2)6-8;1-3-2;;;/h2*4-5,7H,3H2,1-2H3;1-2H3;2*1H;/q2*-1;;;;+2. The molecule has 0 aliphatic heterocycles. The molecule has 0 radical (unpaired) electrons. The first-order chi connectivity index (χ1) is 9.38. The number of hydrogen-bond acceptors (Lipinski definition) is 0. The SMILES string of the molecule is CCC1=[C-]C(C)C=C1.CCC1=[C-]C(C)C=C1.C[C](C)=[Ti+2].Cl.Cl. The van der Waals surface area contributed by atoms with Crippen molar-refractivity contribution in [3.8, 4) is 0 Å². The summed E-state index contributed by atoms with van der Waals surface area (Å²) in [6.07, 6.45) is 17.5. The van der Waals surface area contributed by atoms with Gasteiger partial charge in [0, 0.05) is 0 Å². The van der Waals surface area contributed by atoms with Crippen molar-refractivity contribution in [3.63, 3.8) is 0 Å². The van der Waals surface area contributed by atoms with Crippen molar-refractivity contribution in [1.82, 2.24) is 0 Å². The minimum absolute atomic E-state index is 0. The zero-order valence-corrected chi connectivity index (χ0v) is 17.9. The Morgan fingerprint density at radius 3 is 1.27 bits per heavy atom. The first kappa shape index (κ1) is 27.0. The Bertz CT molecular complexity index is 379. The van der Waals surface area contributed by atoms with Gasteiger partial charge in [0.05, 0.1) is 0 Å². The zero-order valence-electron chi connectivity index (χ0n) is 14.7. The zero-order chi connectivity index (χ0) is 15.5. The van der Waals surface area contributed by atoms with Crippen LogP contribution in [0.5, 0.6) is 0 Å². The van der Waals surface area contributed by atoms with Gasteiger partial charge in [0.15, 0.2) is 0 Å². The van der Waals surface area contributed by atoms with Gasteiger partial charge in [0.25, 0.3) is 0 Å². The van der Waals surface area contributed by atoms with Gasteiger partial charge >= 0.3 is 37.6 Å². The molecular formula is C19H30Cl2Ti. The summed E-state index contributed by atoms with van der Waals surface area (Å²) < 4.78 is 1.42. The Hall–Kier alpha value is 0.124. The summed E-state index contributed by atoms with van der Waals surface area (Å²) in [6, 6.07) is 0. The van der Waals surface area contributed by atoms with Crippen molar-refractivity contribution in [3.05, 3.63) is 47.6 Å². The molecule has 2 aliphatic rings. The molecule has 2 atom stereocenters. The van der Waals surface area contributed by atoms with E-state index in [1.807, 2.05) is 0 Å². The van der Waals surface area contributed by atoms with Gasteiger partial charge in [-0.2, -0.15) is 12.2 Å². The van der Waals surface area contributed by atoms with Crippen LogP contribution in [0.2, 0.25) is 0 Å². The maximum atomic E-state index is 3.31. The Morgan fingerprint density at radius 2 is 1.18 bits per heavy atom. The average molecular weight is 377 g/mol. The third kappa shape index (κ3) is 15.0. The molecule has 0 nitrogen and oxygen atoms in total. The summed E-state index contributed by atoms with van der Waals surface area (Å²) in [6.45, 7) is 12.8. The first-order valence-corrected chi connectivity index (χ1v) is 8.29. The van der Waals surface area contributed by atoms with Crippen LogP contribution in [0.3, 0.4) is 0 Å². The maximum Gasteiger partial charge on any atom is -0.147 e. The van der Waals surface area contributed by atoms with E-state index in [0.29, 0.717) is 11.8 Å². The van der Waals surface area contributed by atoms with Gasteiger partial charge in [0.2, 0.25) is 0 Å². The van der Waals surface area contributed by atoms with E-state index in [0.717, 1.165) is 12.8 Å².